The topological polar surface area (TPSA) is 80.6 Å². The number of rotatable bonds is 9. The lowest BCUT2D eigenvalue weighted by molar-refractivity contribution is -0.117. The molecule has 1 aliphatic rings. The van der Waals surface area contributed by atoms with Crippen LogP contribution in [0.4, 0.5) is 0 Å². The lowest BCUT2D eigenvalue weighted by Gasteiger charge is -2.32. The summed E-state index contributed by atoms with van der Waals surface area (Å²) in [7, 11) is 0. The molecule has 0 radical (unpaired) electrons. The van der Waals surface area contributed by atoms with Crippen molar-refractivity contribution in [2.75, 3.05) is 19.6 Å². The largest absolute Gasteiger partial charge is 0.352 e. The number of hydrogen-bond donors (Lipinski definition) is 3. The summed E-state index contributed by atoms with van der Waals surface area (Å²) in [6.07, 6.45) is 4.35. The minimum atomic E-state index is -0.241. The number of hydrogen-bond acceptors (Lipinski definition) is 5. The van der Waals surface area contributed by atoms with E-state index in [9.17, 15) is 4.79 Å². The molecule has 3 N–H and O–H groups in total. The van der Waals surface area contributed by atoms with Gasteiger partial charge in [0.25, 0.3) is 5.91 Å². The fourth-order valence-corrected chi connectivity index (χ4v) is 3.28. The third-order valence-electron chi connectivity index (χ3n) is 4.83. The molecule has 0 spiro atoms. The van der Waals surface area contributed by atoms with Crippen LogP contribution in [-0.2, 0) is 11.3 Å². The van der Waals surface area contributed by atoms with E-state index in [4.69, 9.17) is 5.41 Å². The third-order valence-corrected chi connectivity index (χ3v) is 4.83. The van der Waals surface area contributed by atoms with Gasteiger partial charge in [0.2, 0.25) is 0 Å². The molecule has 1 aromatic rings. The summed E-state index contributed by atoms with van der Waals surface area (Å²) in [6, 6.07) is 10.6. The molecule has 1 aromatic carbocycles. The molecule has 1 fully saturated rings. The molecule has 0 unspecified atom stereocenters. The number of benzene rings is 1. The second-order valence-electron chi connectivity index (χ2n) is 6.70. The Bertz CT molecular complexity index is 633. The van der Waals surface area contributed by atoms with Crippen LogP contribution in [-0.4, -0.2) is 43.4 Å². The Labute approximate surface area is 155 Å². The lowest BCUT2D eigenvalue weighted by Crippen LogP contribution is -2.35. The van der Waals surface area contributed by atoms with Gasteiger partial charge in [-0.25, -0.2) is 0 Å². The molecule has 0 bridgehead atoms. The summed E-state index contributed by atoms with van der Waals surface area (Å²) >= 11 is 0. The number of likely N-dealkylation sites (tertiary alicyclic amines) is 1. The van der Waals surface area contributed by atoms with E-state index in [1.165, 1.54) is 5.56 Å². The maximum atomic E-state index is 12.2. The first-order valence-corrected chi connectivity index (χ1v) is 9.11. The van der Waals surface area contributed by atoms with E-state index in [-0.39, 0.29) is 11.5 Å². The molecule has 140 valence electrons. The Hall–Kier alpha value is -2.47. The van der Waals surface area contributed by atoms with Gasteiger partial charge in [0.15, 0.2) is 0 Å². The number of hydrazone groups is 1. The van der Waals surface area contributed by atoms with Crippen LogP contribution in [0.3, 0.4) is 0 Å². The predicted molar refractivity (Wildman–Crippen MR) is 106 cm³/mol. The average molecular weight is 355 g/mol. The smallest absolute Gasteiger partial charge is 0.254 e. The van der Waals surface area contributed by atoms with Crippen molar-refractivity contribution in [3.05, 3.63) is 47.2 Å². The van der Waals surface area contributed by atoms with Crippen LogP contribution < -0.4 is 10.7 Å². The van der Waals surface area contributed by atoms with Gasteiger partial charge in [-0.15, -0.1) is 0 Å². The average Bonchev–Trinajstić information content (AvgIpc) is 2.65. The molecule has 0 aliphatic carbocycles. The van der Waals surface area contributed by atoms with Crippen LogP contribution in [0.1, 0.15) is 31.7 Å². The monoisotopic (exact) mass is 355 g/mol. The van der Waals surface area contributed by atoms with Crippen molar-refractivity contribution in [2.45, 2.75) is 32.7 Å². The Morgan fingerprint density at radius 2 is 2.04 bits per heavy atom. The van der Waals surface area contributed by atoms with E-state index in [0.29, 0.717) is 18.2 Å². The minimum Gasteiger partial charge on any atom is -0.352 e. The first-order valence-electron chi connectivity index (χ1n) is 9.11. The van der Waals surface area contributed by atoms with E-state index in [2.05, 4.69) is 57.8 Å². The lowest BCUT2D eigenvalue weighted by atomic mass is 9.93. The number of carbonyl (C=O) groups excluding carboxylic acids is 1. The highest BCUT2D eigenvalue weighted by molar-refractivity contribution is 6.11. The molecule has 26 heavy (non-hydrogen) atoms. The van der Waals surface area contributed by atoms with Gasteiger partial charge in [0, 0.05) is 31.7 Å². The Morgan fingerprint density at radius 1 is 1.35 bits per heavy atom. The van der Waals surface area contributed by atoms with E-state index in [0.717, 1.165) is 45.1 Å². The molecule has 0 aromatic heterocycles. The van der Waals surface area contributed by atoms with Gasteiger partial charge >= 0.3 is 0 Å². The molecule has 0 atom stereocenters. The maximum absolute atomic E-state index is 12.2. The van der Waals surface area contributed by atoms with E-state index in [1.54, 1.807) is 6.92 Å². The van der Waals surface area contributed by atoms with Gasteiger partial charge in [-0.1, -0.05) is 30.3 Å². The number of allylic oxidation sites excluding steroid dienone is 1. The molecule has 2 rings (SSSR count). The normalized spacial score (nSPS) is 16.5. The van der Waals surface area contributed by atoms with Crippen molar-refractivity contribution >= 4 is 18.8 Å². The fourth-order valence-electron chi connectivity index (χ4n) is 3.28. The number of nitrogens with one attached hydrogen (secondary N) is 3. The van der Waals surface area contributed by atoms with Gasteiger partial charge in [-0.05, 0) is 50.8 Å². The highest BCUT2D eigenvalue weighted by Crippen LogP contribution is 2.21. The van der Waals surface area contributed by atoms with Crippen LogP contribution in [0, 0.1) is 11.3 Å². The Balaban J connectivity index is 1.70. The van der Waals surface area contributed by atoms with Crippen molar-refractivity contribution in [2.24, 2.45) is 11.0 Å². The van der Waals surface area contributed by atoms with E-state index in [1.807, 2.05) is 0 Å². The molecular formula is C20H29N5O. The first-order chi connectivity index (χ1) is 12.6. The second-order valence-corrected chi connectivity index (χ2v) is 6.70. The summed E-state index contributed by atoms with van der Waals surface area (Å²) in [4.78, 5) is 14.7. The van der Waals surface area contributed by atoms with Crippen LogP contribution in [0.15, 0.2) is 46.7 Å². The van der Waals surface area contributed by atoms with Crippen LogP contribution in [0.5, 0.6) is 0 Å². The summed E-state index contributed by atoms with van der Waals surface area (Å²) in [5.41, 5.74) is 4.80. The van der Waals surface area contributed by atoms with Crippen molar-refractivity contribution in [3.63, 3.8) is 0 Å². The third kappa shape index (κ3) is 6.11. The molecule has 0 saturated carbocycles. The summed E-state index contributed by atoms with van der Waals surface area (Å²) < 4.78 is 0. The van der Waals surface area contributed by atoms with Crippen LogP contribution >= 0.6 is 0 Å². The van der Waals surface area contributed by atoms with E-state index >= 15 is 0 Å². The first kappa shape index (κ1) is 19.8. The maximum Gasteiger partial charge on any atom is 0.254 e. The van der Waals surface area contributed by atoms with Crippen molar-refractivity contribution in [3.8, 4) is 0 Å². The molecule has 1 aliphatic heterocycles. The summed E-state index contributed by atoms with van der Waals surface area (Å²) in [5.74, 6) is 0.402. The van der Waals surface area contributed by atoms with Crippen molar-refractivity contribution < 1.29 is 4.79 Å². The molecule has 1 amide bonds. The second kappa shape index (κ2) is 10.5. The molecule has 1 heterocycles. The number of amides is 1. The van der Waals surface area contributed by atoms with Gasteiger partial charge in [-0.2, -0.15) is 5.10 Å². The predicted octanol–water partition coefficient (Wildman–Crippen LogP) is 2.53. The minimum absolute atomic E-state index is 0.241. The summed E-state index contributed by atoms with van der Waals surface area (Å²) in [5, 5.41) is 13.8. The van der Waals surface area contributed by atoms with E-state index < -0.39 is 0 Å². The zero-order valence-corrected chi connectivity index (χ0v) is 15.5. The zero-order valence-electron chi connectivity index (χ0n) is 15.5. The molecule has 1 saturated heterocycles. The molecule has 6 heteroatoms. The SMILES string of the molecule is C=NN/C(C)=C(\C=N)C(=O)NCCC1CCN(Cc2ccccc2)CC1. The standard InChI is InChI=1S/C20H29N5O/c1-16(24-22-2)19(14-21)20(26)23-11-8-17-9-12-25(13-10-17)15-18-6-4-3-5-7-18/h3-7,14,17,21,24H,2,8-13,15H2,1H3,(H,23,26)/b19-16+,21-14?. The van der Waals surface area contributed by atoms with Crippen LogP contribution in [0.25, 0.3) is 0 Å². The summed E-state index contributed by atoms with van der Waals surface area (Å²) in [6.45, 7) is 8.89. The highest BCUT2D eigenvalue weighted by Gasteiger charge is 2.19. The van der Waals surface area contributed by atoms with Crippen molar-refractivity contribution in [1.82, 2.24) is 15.6 Å². The number of carbonyl (C=O) groups is 1. The highest BCUT2D eigenvalue weighted by atomic mass is 16.1. The molecular weight excluding hydrogens is 326 g/mol. The Morgan fingerprint density at radius 3 is 2.65 bits per heavy atom. The van der Waals surface area contributed by atoms with Crippen molar-refractivity contribution in [1.29, 1.82) is 5.41 Å². The van der Waals surface area contributed by atoms with Gasteiger partial charge in [-0.3, -0.25) is 15.1 Å². The van der Waals surface area contributed by atoms with Gasteiger partial charge in [0.1, 0.15) is 0 Å². The van der Waals surface area contributed by atoms with Gasteiger partial charge < -0.3 is 10.7 Å². The zero-order chi connectivity index (χ0) is 18.8. The Kier molecular flexibility index (Phi) is 8.02. The number of piperidine rings is 1. The molecule has 6 nitrogen and oxygen atoms in total. The van der Waals surface area contributed by atoms with Gasteiger partial charge in [0.05, 0.1) is 5.57 Å². The number of nitrogens with zero attached hydrogens (tertiary/aromatic N) is 2. The van der Waals surface area contributed by atoms with Crippen LogP contribution in [0.2, 0.25) is 0 Å². The quantitative estimate of drug-likeness (QED) is 0.362. The fraction of sp³-hybridized carbons (Fsp3) is 0.450.